The minimum atomic E-state index is -0.234. The second-order valence-corrected chi connectivity index (χ2v) is 7.48. The molecule has 0 fully saturated rings. The third-order valence-corrected chi connectivity index (χ3v) is 4.68. The molecule has 0 spiro atoms. The molecule has 0 bridgehead atoms. The van der Waals surface area contributed by atoms with E-state index in [2.05, 4.69) is 10.3 Å². The van der Waals surface area contributed by atoms with Gasteiger partial charge in [-0.25, -0.2) is 4.98 Å². The Bertz CT molecular complexity index is 1020. The van der Waals surface area contributed by atoms with Gasteiger partial charge in [-0.2, -0.15) is 0 Å². The first-order valence-corrected chi connectivity index (χ1v) is 10.1. The van der Waals surface area contributed by atoms with Gasteiger partial charge in [0.05, 0.1) is 18.3 Å². The van der Waals surface area contributed by atoms with Gasteiger partial charge in [0, 0.05) is 23.7 Å². The van der Waals surface area contributed by atoms with Crippen molar-refractivity contribution < 1.29 is 14.0 Å². The molecular weight excluding hydrogens is 378 g/mol. The van der Waals surface area contributed by atoms with E-state index in [0.29, 0.717) is 29.3 Å². The quantitative estimate of drug-likeness (QED) is 0.636. The second-order valence-electron chi connectivity index (χ2n) is 7.48. The summed E-state index contributed by atoms with van der Waals surface area (Å²) in [6, 6.07) is 15.2. The predicted molar refractivity (Wildman–Crippen MR) is 117 cm³/mol. The van der Waals surface area contributed by atoms with Crippen LogP contribution in [0, 0.1) is 6.92 Å². The van der Waals surface area contributed by atoms with Crippen molar-refractivity contribution >= 4 is 11.8 Å². The second kappa shape index (κ2) is 9.39. The standard InChI is InChI=1S/C24H27N3O3/c1-5-27(15-22(28)26-16(2)3)24(29)20-9-7-6-8-19(20)23-25-14-21(30-23)18-12-10-17(4)11-13-18/h6-14,16H,5,15H2,1-4H3,(H,26,28). The van der Waals surface area contributed by atoms with Gasteiger partial charge < -0.3 is 14.6 Å². The molecule has 0 atom stereocenters. The highest BCUT2D eigenvalue weighted by Gasteiger charge is 2.22. The minimum Gasteiger partial charge on any atom is -0.436 e. The molecule has 3 aromatic rings. The average Bonchev–Trinajstić information content (AvgIpc) is 3.21. The van der Waals surface area contributed by atoms with Gasteiger partial charge in [-0.05, 0) is 39.8 Å². The van der Waals surface area contributed by atoms with Crippen LogP contribution in [-0.2, 0) is 4.79 Å². The maximum Gasteiger partial charge on any atom is 0.255 e. The molecule has 3 rings (SSSR count). The van der Waals surface area contributed by atoms with Crippen LogP contribution >= 0.6 is 0 Å². The fourth-order valence-electron chi connectivity index (χ4n) is 3.14. The van der Waals surface area contributed by atoms with Crippen molar-refractivity contribution in [2.45, 2.75) is 33.7 Å². The number of oxazole rings is 1. The molecule has 0 unspecified atom stereocenters. The van der Waals surface area contributed by atoms with E-state index in [1.54, 1.807) is 24.4 Å². The third-order valence-electron chi connectivity index (χ3n) is 4.68. The van der Waals surface area contributed by atoms with Crippen molar-refractivity contribution in [3.05, 3.63) is 65.9 Å². The Balaban J connectivity index is 1.88. The number of carbonyl (C=O) groups excluding carboxylic acids is 2. The zero-order valence-electron chi connectivity index (χ0n) is 17.8. The van der Waals surface area contributed by atoms with Gasteiger partial charge in [-0.15, -0.1) is 0 Å². The van der Waals surface area contributed by atoms with E-state index >= 15 is 0 Å². The molecule has 2 aromatic carbocycles. The first-order valence-electron chi connectivity index (χ1n) is 10.1. The lowest BCUT2D eigenvalue weighted by molar-refractivity contribution is -0.122. The van der Waals surface area contributed by atoms with Gasteiger partial charge in [0.1, 0.15) is 0 Å². The smallest absolute Gasteiger partial charge is 0.255 e. The zero-order chi connectivity index (χ0) is 21.7. The Hall–Kier alpha value is -3.41. The van der Waals surface area contributed by atoms with Gasteiger partial charge in [0.25, 0.3) is 5.91 Å². The summed E-state index contributed by atoms with van der Waals surface area (Å²) in [5.41, 5.74) is 3.14. The number of aryl methyl sites for hydroxylation is 1. The molecule has 0 radical (unpaired) electrons. The summed E-state index contributed by atoms with van der Waals surface area (Å²) in [5, 5.41) is 2.82. The summed E-state index contributed by atoms with van der Waals surface area (Å²) in [4.78, 5) is 31.3. The van der Waals surface area contributed by atoms with E-state index in [4.69, 9.17) is 4.42 Å². The monoisotopic (exact) mass is 405 g/mol. The number of aromatic nitrogens is 1. The Labute approximate surface area is 176 Å². The maximum atomic E-state index is 13.2. The summed E-state index contributed by atoms with van der Waals surface area (Å²) < 4.78 is 5.97. The number of nitrogens with one attached hydrogen (secondary N) is 1. The molecule has 6 nitrogen and oxygen atoms in total. The van der Waals surface area contributed by atoms with Crippen molar-refractivity contribution in [2.24, 2.45) is 0 Å². The topological polar surface area (TPSA) is 75.4 Å². The van der Waals surface area contributed by atoms with Gasteiger partial charge in [-0.3, -0.25) is 9.59 Å². The lowest BCUT2D eigenvalue weighted by Crippen LogP contribution is -2.42. The largest absolute Gasteiger partial charge is 0.436 e. The highest BCUT2D eigenvalue weighted by molar-refractivity contribution is 6.01. The van der Waals surface area contributed by atoms with E-state index < -0.39 is 0 Å². The zero-order valence-corrected chi connectivity index (χ0v) is 17.8. The normalized spacial score (nSPS) is 10.8. The van der Waals surface area contributed by atoms with Crippen LogP contribution in [0.5, 0.6) is 0 Å². The van der Waals surface area contributed by atoms with Crippen LogP contribution in [0.3, 0.4) is 0 Å². The third kappa shape index (κ3) is 4.95. The lowest BCUT2D eigenvalue weighted by atomic mass is 10.1. The fraction of sp³-hybridized carbons (Fsp3) is 0.292. The SMILES string of the molecule is CCN(CC(=O)NC(C)C)C(=O)c1ccccc1-c1ncc(-c2ccc(C)cc2)o1. The Morgan fingerprint density at radius 1 is 1.10 bits per heavy atom. The maximum absolute atomic E-state index is 13.2. The molecule has 0 aliphatic rings. The molecule has 0 saturated carbocycles. The Morgan fingerprint density at radius 2 is 1.80 bits per heavy atom. The minimum absolute atomic E-state index is 0.00203. The van der Waals surface area contributed by atoms with Crippen molar-refractivity contribution in [3.63, 3.8) is 0 Å². The molecule has 6 heteroatoms. The Kier molecular flexibility index (Phi) is 6.67. The number of carbonyl (C=O) groups is 2. The van der Waals surface area contributed by atoms with Crippen LogP contribution in [-0.4, -0.2) is 40.8 Å². The fourth-order valence-corrected chi connectivity index (χ4v) is 3.14. The van der Waals surface area contributed by atoms with Gasteiger partial charge in [0.15, 0.2) is 5.76 Å². The van der Waals surface area contributed by atoms with Gasteiger partial charge in [0.2, 0.25) is 11.8 Å². The van der Waals surface area contributed by atoms with Crippen LogP contribution in [0.4, 0.5) is 0 Å². The van der Waals surface area contributed by atoms with Crippen molar-refractivity contribution in [1.82, 2.24) is 15.2 Å². The van der Waals surface area contributed by atoms with E-state index in [0.717, 1.165) is 11.1 Å². The summed E-state index contributed by atoms with van der Waals surface area (Å²) in [6.45, 7) is 8.07. The summed E-state index contributed by atoms with van der Waals surface area (Å²) in [6.07, 6.45) is 1.66. The highest BCUT2D eigenvalue weighted by atomic mass is 16.4. The number of hydrogen-bond donors (Lipinski definition) is 1. The molecule has 0 aliphatic carbocycles. The number of hydrogen-bond acceptors (Lipinski definition) is 4. The molecule has 0 saturated heterocycles. The summed E-state index contributed by atoms with van der Waals surface area (Å²) in [5.74, 6) is 0.589. The number of benzene rings is 2. The molecule has 1 aromatic heterocycles. The highest BCUT2D eigenvalue weighted by Crippen LogP contribution is 2.29. The van der Waals surface area contributed by atoms with Crippen LogP contribution in [0.1, 0.15) is 36.7 Å². The molecule has 0 aliphatic heterocycles. The van der Waals surface area contributed by atoms with Crippen LogP contribution in [0.15, 0.2) is 59.1 Å². The van der Waals surface area contributed by atoms with Crippen molar-refractivity contribution in [1.29, 1.82) is 0 Å². The Morgan fingerprint density at radius 3 is 2.47 bits per heavy atom. The van der Waals surface area contributed by atoms with Crippen LogP contribution in [0.25, 0.3) is 22.8 Å². The average molecular weight is 405 g/mol. The molecule has 156 valence electrons. The first-order chi connectivity index (χ1) is 14.4. The van der Waals surface area contributed by atoms with Crippen LogP contribution < -0.4 is 5.32 Å². The predicted octanol–water partition coefficient (Wildman–Crippen LogP) is 4.30. The van der Waals surface area contributed by atoms with E-state index in [1.165, 1.54) is 4.90 Å². The number of amides is 2. The lowest BCUT2D eigenvalue weighted by Gasteiger charge is -2.22. The van der Waals surface area contributed by atoms with Crippen molar-refractivity contribution in [3.8, 4) is 22.8 Å². The van der Waals surface area contributed by atoms with Crippen LogP contribution in [0.2, 0.25) is 0 Å². The molecule has 1 N–H and O–H groups in total. The van der Waals surface area contributed by atoms with E-state index in [9.17, 15) is 9.59 Å². The number of nitrogens with zero attached hydrogens (tertiary/aromatic N) is 2. The number of likely N-dealkylation sites (N-methyl/N-ethyl adjacent to an activating group) is 1. The van der Waals surface area contributed by atoms with Gasteiger partial charge in [-0.1, -0.05) is 42.0 Å². The van der Waals surface area contributed by atoms with Gasteiger partial charge >= 0.3 is 0 Å². The first kappa shape index (κ1) is 21.3. The number of rotatable bonds is 7. The van der Waals surface area contributed by atoms with Crippen molar-refractivity contribution in [2.75, 3.05) is 13.1 Å². The summed E-state index contributed by atoms with van der Waals surface area (Å²) >= 11 is 0. The van der Waals surface area contributed by atoms with E-state index in [1.807, 2.05) is 58.0 Å². The summed E-state index contributed by atoms with van der Waals surface area (Å²) in [7, 11) is 0. The molecule has 1 heterocycles. The molecule has 2 amide bonds. The molecule has 30 heavy (non-hydrogen) atoms. The van der Waals surface area contributed by atoms with E-state index in [-0.39, 0.29) is 24.4 Å². The molecular formula is C24H27N3O3.